The zero-order valence-electron chi connectivity index (χ0n) is 12.3. The summed E-state index contributed by atoms with van der Waals surface area (Å²) in [7, 11) is 0. The number of anilines is 1. The average molecular weight is 296 g/mol. The van der Waals surface area contributed by atoms with Crippen LogP contribution in [-0.2, 0) is 10.2 Å². The monoisotopic (exact) mass is 296 g/mol. The maximum Gasteiger partial charge on any atom is 0.267 e. The van der Waals surface area contributed by atoms with Crippen LogP contribution < -0.4 is 11.1 Å². The highest BCUT2D eigenvalue weighted by atomic mass is 16.2. The Morgan fingerprint density at radius 3 is 2.73 bits per heavy atom. The van der Waals surface area contributed by atoms with Gasteiger partial charge in [-0.05, 0) is 24.6 Å². The molecule has 3 heterocycles. The smallest absolute Gasteiger partial charge is 0.267 e. The normalized spacial score (nSPS) is 21.1. The van der Waals surface area contributed by atoms with E-state index in [2.05, 4.69) is 15.3 Å². The molecule has 0 spiro atoms. The van der Waals surface area contributed by atoms with Crippen molar-refractivity contribution in [1.82, 2.24) is 9.97 Å². The summed E-state index contributed by atoms with van der Waals surface area (Å²) in [6, 6.07) is 7.08. The first-order valence-corrected chi connectivity index (χ1v) is 6.97. The molecule has 0 bridgehead atoms. The number of nitrogens with zero attached hydrogens (tertiary/aromatic N) is 2. The molecule has 2 aromatic rings. The van der Waals surface area contributed by atoms with Crippen molar-refractivity contribution in [3.63, 3.8) is 0 Å². The van der Waals surface area contributed by atoms with Crippen molar-refractivity contribution in [2.45, 2.75) is 25.2 Å². The molecule has 3 rings (SSSR count). The number of rotatable bonds is 3. The van der Waals surface area contributed by atoms with Gasteiger partial charge in [0.2, 0.25) is 5.91 Å². The van der Waals surface area contributed by atoms with Gasteiger partial charge in [0.05, 0.1) is 5.41 Å². The molecule has 112 valence electrons. The number of amides is 2. The molecule has 0 radical (unpaired) electrons. The van der Waals surface area contributed by atoms with Crippen LogP contribution in [0.1, 0.15) is 41.4 Å². The van der Waals surface area contributed by atoms with E-state index in [1.165, 1.54) is 0 Å². The number of carbonyl (C=O) groups is 2. The first kappa shape index (κ1) is 14.2. The topological polar surface area (TPSA) is 98.0 Å². The minimum atomic E-state index is -0.737. The molecule has 1 aliphatic rings. The highest BCUT2D eigenvalue weighted by molar-refractivity contribution is 6.05. The molecular formula is C16H16N4O2. The van der Waals surface area contributed by atoms with Crippen LogP contribution in [0.15, 0.2) is 36.7 Å². The standard InChI is InChI=1S/C16H16N4O2/c1-9(10-5-6-12(13(17)21)19-8-10)16(2)11-4-3-7-18-14(11)20-15(16)22/h3-9H,1-2H3,(H2,17,21)(H,18,20,22)/t9-,16-/m1/s1. The van der Waals surface area contributed by atoms with Crippen molar-refractivity contribution in [2.24, 2.45) is 5.73 Å². The van der Waals surface area contributed by atoms with Gasteiger partial charge in [0.15, 0.2) is 0 Å². The van der Waals surface area contributed by atoms with E-state index < -0.39 is 11.3 Å². The summed E-state index contributed by atoms with van der Waals surface area (Å²) in [5.41, 5.74) is 6.40. The van der Waals surface area contributed by atoms with E-state index in [-0.39, 0.29) is 17.5 Å². The molecule has 2 amide bonds. The van der Waals surface area contributed by atoms with E-state index in [9.17, 15) is 9.59 Å². The highest BCUT2D eigenvalue weighted by Gasteiger charge is 2.47. The number of nitrogens with one attached hydrogen (secondary N) is 1. The molecule has 0 saturated carbocycles. The first-order valence-electron chi connectivity index (χ1n) is 6.97. The van der Waals surface area contributed by atoms with Gasteiger partial charge >= 0.3 is 0 Å². The Balaban J connectivity index is 2.02. The predicted molar refractivity (Wildman–Crippen MR) is 81.4 cm³/mol. The van der Waals surface area contributed by atoms with Crippen molar-refractivity contribution < 1.29 is 9.59 Å². The number of aromatic nitrogens is 2. The summed E-state index contributed by atoms with van der Waals surface area (Å²) >= 11 is 0. The fraction of sp³-hybridized carbons (Fsp3) is 0.250. The Morgan fingerprint density at radius 2 is 2.09 bits per heavy atom. The Morgan fingerprint density at radius 1 is 1.32 bits per heavy atom. The lowest BCUT2D eigenvalue weighted by atomic mass is 9.71. The van der Waals surface area contributed by atoms with E-state index >= 15 is 0 Å². The van der Waals surface area contributed by atoms with E-state index in [1.807, 2.05) is 26.0 Å². The third-order valence-electron chi connectivity index (χ3n) is 4.48. The van der Waals surface area contributed by atoms with Gasteiger partial charge in [-0.25, -0.2) is 4.98 Å². The Kier molecular flexibility index (Phi) is 3.16. The van der Waals surface area contributed by atoms with E-state index in [1.54, 1.807) is 24.5 Å². The second-order valence-corrected chi connectivity index (χ2v) is 5.62. The van der Waals surface area contributed by atoms with Crippen LogP contribution in [0.3, 0.4) is 0 Å². The van der Waals surface area contributed by atoms with Crippen LogP contribution in [0.5, 0.6) is 0 Å². The third-order valence-corrected chi connectivity index (χ3v) is 4.48. The second kappa shape index (κ2) is 4.91. The SMILES string of the molecule is C[C@H](c1ccc(C(N)=O)nc1)[C@@]1(C)C(=O)Nc2ncccc21. The molecule has 2 atom stereocenters. The zero-order valence-corrected chi connectivity index (χ0v) is 12.3. The summed E-state index contributed by atoms with van der Waals surface area (Å²) in [5.74, 6) is -0.192. The first-order chi connectivity index (χ1) is 10.4. The van der Waals surface area contributed by atoms with Crippen LogP contribution >= 0.6 is 0 Å². The molecule has 22 heavy (non-hydrogen) atoms. The van der Waals surface area contributed by atoms with E-state index in [0.29, 0.717) is 5.82 Å². The number of primary amides is 1. The summed E-state index contributed by atoms with van der Waals surface area (Å²) in [4.78, 5) is 31.9. The molecule has 2 aromatic heterocycles. The van der Waals surface area contributed by atoms with Gasteiger partial charge in [0.1, 0.15) is 11.5 Å². The van der Waals surface area contributed by atoms with Crippen LogP contribution in [0, 0.1) is 0 Å². The van der Waals surface area contributed by atoms with Gasteiger partial charge in [-0.2, -0.15) is 0 Å². The second-order valence-electron chi connectivity index (χ2n) is 5.62. The lowest BCUT2D eigenvalue weighted by Crippen LogP contribution is -2.36. The number of fused-ring (bicyclic) bond motifs is 1. The van der Waals surface area contributed by atoms with Crippen molar-refractivity contribution in [1.29, 1.82) is 0 Å². The summed E-state index contributed by atoms with van der Waals surface area (Å²) < 4.78 is 0. The van der Waals surface area contributed by atoms with E-state index in [0.717, 1.165) is 11.1 Å². The number of hydrogen-bond donors (Lipinski definition) is 2. The van der Waals surface area contributed by atoms with E-state index in [4.69, 9.17) is 5.73 Å². The van der Waals surface area contributed by atoms with Crippen molar-refractivity contribution in [3.8, 4) is 0 Å². The predicted octanol–water partition coefficient (Wildman–Crippen LogP) is 1.59. The average Bonchev–Trinajstić information content (AvgIpc) is 2.79. The molecule has 3 N–H and O–H groups in total. The van der Waals surface area contributed by atoms with Gasteiger partial charge in [-0.15, -0.1) is 0 Å². The van der Waals surface area contributed by atoms with Gasteiger partial charge in [-0.1, -0.05) is 19.1 Å². The molecule has 0 saturated heterocycles. The third kappa shape index (κ3) is 1.95. The minimum Gasteiger partial charge on any atom is -0.364 e. The number of nitrogens with two attached hydrogens (primary N) is 1. The Bertz CT molecular complexity index is 757. The minimum absolute atomic E-state index is 0.0901. The molecule has 6 heteroatoms. The molecule has 6 nitrogen and oxygen atoms in total. The molecule has 1 aliphatic heterocycles. The van der Waals surface area contributed by atoms with Crippen LogP contribution in [0.4, 0.5) is 5.82 Å². The van der Waals surface area contributed by atoms with Crippen molar-refractivity contribution >= 4 is 17.6 Å². The van der Waals surface area contributed by atoms with Crippen LogP contribution in [0.2, 0.25) is 0 Å². The van der Waals surface area contributed by atoms with Crippen molar-refractivity contribution in [2.75, 3.05) is 5.32 Å². The molecule has 0 aromatic carbocycles. The zero-order chi connectivity index (χ0) is 15.9. The van der Waals surface area contributed by atoms with Gasteiger partial charge in [0, 0.05) is 23.9 Å². The summed E-state index contributed by atoms with van der Waals surface area (Å²) in [5, 5.41) is 2.82. The maximum atomic E-state index is 12.5. The molecule has 0 unspecified atom stereocenters. The lowest BCUT2D eigenvalue weighted by molar-refractivity contribution is -0.120. The molecule has 0 fully saturated rings. The summed E-state index contributed by atoms with van der Waals surface area (Å²) in [6.07, 6.45) is 3.25. The number of pyridine rings is 2. The lowest BCUT2D eigenvalue weighted by Gasteiger charge is -2.29. The fourth-order valence-electron chi connectivity index (χ4n) is 2.85. The number of carbonyl (C=O) groups excluding carboxylic acids is 2. The fourth-order valence-corrected chi connectivity index (χ4v) is 2.85. The van der Waals surface area contributed by atoms with Crippen LogP contribution in [0.25, 0.3) is 0 Å². The Hall–Kier alpha value is -2.76. The Labute approximate surface area is 127 Å². The largest absolute Gasteiger partial charge is 0.364 e. The quantitative estimate of drug-likeness (QED) is 0.898. The summed E-state index contributed by atoms with van der Waals surface area (Å²) in [6.45, 7) is 3.85. The molecule has 0 aliphatic carbocycles. The highest BCUT2D eigenvalue weighted by Crippen LogP contribution is 2.45. The number of hydrogen-bond acceptors (Lipinski definition) is 4. The maximum absolute atomic E-state index is 12.5. The van der Waals surface area contributed by atoms with Gasteiger partial charge < -0.3 is 11.1 Å². The molecular weight excluding hydrogens is 280 g/mol. The van der Waals surface area contributed by atoms with Crippen LogP contribution in [-0.4, -0.2) is 21.8 Å². The van der Waals surface area contributed by atoms with Crippen molar-refractivity contribution in [3.05, 3.63) is 53.5 Å². The van der Waals surface area contributed by atoms with Gasteiger partial charge in [-0.3, -0.25) is 14.6 Å². The van der Waals surface area contributed by atoms with Gasteiger partial charge in [0.25, 0.3) is 5.91 Å².